The molecule has 6 N–H and O–H groups in total. The van der Waals surface area contributed by atoms with Crippen molar-refractivity contribution in [2.75, 3.05) is 67.7 Å². The number of aromatic amines is 1. The molecule has 27 heteroatoms. The van der Waals surface area contributed by atoms with Gasteiger partial charge in [-0.3, -0.25) is 19.3 Å². The summed E-state index contributed by atoms with van der Waals surface area (Å²) >= 11 is 5.72. The first-order valence-electron chi connectivity index (χ1n) is 24.3. The van der Waals surface area contributed by atoms with Crippen molar-refractivity contribution in [3.8, 4) is 23.0 Å². The van der Waals surface area contributed by atoms with E-state index < -0.39 is 72.3 Å². The second-order valence-electron chi connectivity index (χ2n) is 18.8. The number of rotatable bonds is 12. The summed E-state index contributed by atoms with van der Waals surface area (Å²) in [5.74, 6) is -0.792. The average molecular weight is 1140 g/mol. The molecule has 9 rings (SSSR count). The Kier molecular flexibility index (Phi) is 19.7. The number of aromatic nitrogens is 1. The standard InChI is InChI=1S/C33H40N2O9.C10H16N2O3.C7H8ClN3O4S2.Na/c1-38-19-7-8-20-21-9-10-35-16-18-13-27(44-32(36)17-11-25(39-2)30(41-4)26(12-17)40-3)31(42-5)28(33(37)43-6)22(18)15-24(35)29(21)34-23(20)14-19;1-4-6(3)10(5-2)7(13)11-9(15)12-8(10)14;8-4-1-5-7(2-6(4)16(9,12)13)17(14,15)11-3-10-5;/h7-8,11-12,14,18,22,24,27-28,31,34H,9-10,13,15-16H2,1-6H3;6H,4-5H2,1-3H3,(H2,11,12,13,14,15);1-2,10-11H,3H2,(H2,9,12,13);/q;;;+1/p-1/t18-,22+,24-,27-,28+,31+;;;/m1.../s1. The van der Waals surface area contributed by atoms with E-state index in [4.69, 9.17) is 49.9 Å². The number of nitrogens with zero attached hydrogens (tertiary/aromatic N) is 2. The Morgan fingerprint density at radius 3 is 2.25 bits per heavy atom. The Labute approximate surface area is 473 Å². The number of nitrogens with two attached hydrogens (primary N) is 1. The number of primary sulfonamides is 1. The number of H-pyrrole nitrogens is 1. The van der Waals surface area contributed by atoms with Crippen LogP contribution in [-0.4, -0.2) is 131 Å². The number of anilines is 1. The molecule has 0 spiro atoms. The average Bonchev–Trinajstić information content (AvgIpc) is 3.77. The third-order valence-corrected chi connectivity index (χ3v) is 18.0. The van der Waals surface area contributed by atoms with Gasteiger partial charge >= 0.3 is 41.5 Å². The summed E-state index contributed by atoms with van der Waals surface area (Å²) < 4.78 is 87.0. The van der Waals surface area contributed by atoms with Crippen LogP contribution in [0.3, 0.4) is 0 Å². The molecule has 5 aliphatic rings. The maximum absolute atomic E-state index is 13.5. The number of amides is 2. The van der Waals surface area contributed by atoms with Gasteiger partial charge in [-0.1, -0.05) is 38.8 Å². The van der Waals surface area contributed by atoms with E-state index in [2.05, 4.69) is 36.3 Å². The minimum atomic E-state index is -4.07. The molecule has 0 radical (unpaired) electrons. The maximum atomic E-state index is 13.5. The topological polar surface area (TPSA) is 318 Å². The van der Waals surface area contributed by atoms with E-state index in [0.29, 0.717) is 36.5 Å². The Hall–Kier alpha value is -5.22. The monoisotopic (exact) mass is 1140 g/mol. The van der Waals surface area contributed by atoms with Crippen LogP contribution in [0, 0.1) is 29.1 Å². The Bertz CT molecular complexity index is 3140. The molecule has 1 aromatic heterocycles. The predicted octanol–water partition coefficient (Wildman–Crippen LogP) is 0.625. The van der Waals surface area contributed by atoms with E-state index in [9.17, 15) is 41.1 Å². The molecule has 414 valence electrons. The van der Waals surface area contributed by atoms with E-state index in [0.717, 1.165) is 43.3 Å². The number of benzene rings is 3. The first-order chi connectivity index (χ1) is 36.0. The molecule has 3 aromatic carbocycles. The van der Waals surface area contributed by atoms with E-state index in [1.807, 2.05) is 26.0 Å². The first-order valence-corrected chi connectivity index (χ1v) is 27.7. The van der Waals surface area contributed by atoms with Crippen LogP contribution < -0.4 is 74.1 Å². The smallest absolute Gasteiger partial charge is 0.846 e. The fraction of sp³-hybridized carbons (Fsp3) is 0.500. The molecule has 8 atom stereocenters. The van der Waals surface area contributed by atoms with Crippen LogP contribution in [0.5, 0.6) is 23.0 Å². The molecule has 23 nitrogen and oxygen atoms in total. The predicted molar refractivity (Wildman–Crippen MR) is 275 cm³/mol. The van der Waals surface area contributed by atoms with Gasteiger partial charge < -0.3 is 53.9 Å². The molecule has 77 heavy (non-hydrogen) atoms. The van der Waals surface area contributed by atoms with Crippen LogP contribution in [0.4, 0.5) is 5.69 Å². The SMILES string of the molecule is CCC(C)C1(CC)C(=O)N=C([O-])NC1=O.COC(=O)[C@H]1[C@H]2C[C@@H]3c4[nH]c5cc(OC)ccc5c4CCN3C[C@H]2C[C@@H](OC(=O)c2cc(OC)c(OC)c(OC)c2)[C@@H]1OC.NS(=O)(=O)c1cc2c(cc1Cl)NCNS2(=O)=O.[Na+]. The minimum absolute atomic E-state index is 0. The van der Waals surface area contributed by atoms with Crippen molar-refractivity contribution >= 4 is 78.0 Å². The number of methoxy groups -OCH3 is 6. The van der Waals surface area contributed by atoms with Crippen molar-refractivity contribution in [2.45, 2.75) is 80.9 Å². The van der Waals surface area contributed by atoms with Gasteiger partial charge in [0.05, 0.1) is 76.5 Å². The number of carbonyl (C=O) groups excluding carboxylic acids is 4. The van der Waals surface area contributed by atoms with Gasteiger partial charge in [0.2, 0.25) is 31.7 Å². The van der Waals surface area contributed by atoms with Gasteiger partial charge in [0, 0.05) is 42.9 Å². The molecular formula is C50H63ClN7NaO16S2. The van der Waals surface area contributed by atoms with E-state index in [1.165, 1.54) is 51.1 Å². The van der Waals surface area contributed by atoms with Crippen LogP contribution in [0.15, 0.2) is 57.2 Å². The van der Waals surface area contributed by atoms with Gasteiger partial charge in [-0.15, -0.1) is 0 Å². The normalized spacial score (nSPS) is 24.5. The van der Waals surface area contributed by atoms with Gasteiger partial charge in [-0.25, -0.2) is 31.8 Å². The summed E-state index contributed by atoms with van der Waals surface area (Å²) in [6.45, 7) is 7.18. The molecule has 1 saturated carbocycles. The van der Waals surface area contributed by atoms with Crippen LogP contribution in [0.1, 0.15) is 74.1 Å². The molecule has 4 aromatic rings. The molecule has 2 fully saturated rings. The number of halogens is 1. The summed E-state index contributed by atoms with van der Waals surface area (Å²) in [5.41, 5.74) is 2.91. The summed E-state index contributed by atoms with van der Waals surface area (Å²) in [5, 5.41) is 21.7. The third-order valence-electron chi connectivity index (χ3n) is 15.2. The second-order valence-corrected chi connectivity index (χ2v) is 22.5. The molecule has 0 bridgehead atoms. The van der Waals surface area contributed by atoms with Crippen molar-refractivity contribution in [3.63, 3.8) is 0 Å². The van der Waals surface area contributed by atoms with Crippen LogP contribution in [-0.2, 0) is 55.1 Å². The van der Waals surface area contributed by atoms with Crippen molar-refractivity contribution < 1.29 is 104 Å². The first kappa shape index (κ1) is 61.0. The van der Waals surface area contributed by atoms with Crippen molar-refractivity contribution in [1.82, 2.24) is 19.9 Å². The fourth-order valence-electron chi connectivity index (χ4n) is 11.1. The maximum Gasteiger partial charge on any atom is 1.00 e. The van der Waals surface area contributed by atoms with Crippen LogP contribution >= 0.6 is 11.6 Å². The van der Waals surface area contributed by atoms with E-state index in [1.54, 1.807) is 33.3 Å². The minimum Gasteiger partial charge on any atom is -0.846 e. The van der Waals surface area contributed by atoms with Gasteiger partial charge in [-0.2, -0.15) is 4.72 Å². The van der Waals surface area contributed by atoms with Crippen molar-refractivity contribution in [3.05, 3.63) is 64.3 Å². The molecule has 1 saturated heterocycles. The summed E-state index contributed by atoms with van der Waals surface area (Å²) in [6, 6.07) is 10.7. The molecule has 4 aliphatic heterocycles. The van der Waals surface area contributed by atoms with Crippen molar-refractivity contribution in [1.29, 1.82) is 0 Å². The summed E-state index contributed by atoms with van der Waals surface area (Å²) in [6.07, 6.45) is 1.98. The molecule has 5 heterocycles. The molecular weight excluding hydrogens is 1080 g/mol. The number of aliphatic imine (C=N–C) groups is 1. The third kappa shape index (κ3) is 12.0. The zero-order valence-electron chi connectivity index (χ0n) is 44.4. The van der Waals surface area contributed by atoms with Crippen LogP contribution in [0.25, 0.3) is 10.9 Å². The van der Waals surface area contributed by atoms with Gasteiger partial charge in [0.15, 0.2) is 11.5 Å². The van der Waals surface area contributed by atoms with Crippen LogP contribution in [0.2, 0.25) is 5.02 Å². The summed E-state index contributed by atoms with van der Waals surface area (Å²) in [7, 11) is 1.30. The Morgan fingerprint density at radius 1 is 0.987 bits per heavy atom. The Balaban J connectivity index is 0.000000237. The number of piperidine rings is 1. The number of hydrogen-bond donors (Lipinski definition) is 5. The fourth-order valence-corrected chi connectivity index (χ4v) is 13.4. The summed E-state index contributed by atoms with van der Waals surface area (Å²) in [4.78, 5) is 59.3. The molecule has 1 aliphatic carbocycles. The Morgan fingerprint density at radius 2 is 1.68 bits per heavy atom. The van der Waals surface area contributed by atoms with Gasteiger partial charge in [-0.05, 0) is 85.4 Å². The van der Waals surface area contributed by atoms with Gasteiger partial charge in [0.1, 0.15) is 33.2 Å². The number of carbonyl (C=O) groups is 4. The van der Waals surface area contributed by atoms with Gasteiger partial charge in [0.25, 0.3) is 5.91 Å². The number of sulfonamides is 2. The number of hydrogen-bond acceptors (Lipinski definition) is 18. The number of nitrogens with one attached hydrogen (secondary N) is 4. The van der Waals surface area contributed by atoms with Crippen molar-refractivity contribution in [2.24, 2.45) is 39.2 Å². The zero-order valence-corrected chi connectivity index (χ0v) is 48.8. The zero-order chi connectivity index (χ0) is 55.6. The molecule has 2 unspecified atom stereocenters. The largest absolute Gasteiger partial charge is 1.00 e. The number of ether oxygens (including phenoxy) is 7. The van der Waals surface area contributed by atoms with E-state index in [-0.39, 0.29) is 87.2 Å². The quantitative estimate of drug-likeness (QED) is 0.0738. The molecule has 2 amide bonds. The number of esters is 2. The number of fused-ring (bicyclic) bond motifs is 7. The second kappa shape index (κ2) is 24.8. The number of amidine groups is 1. The van der Waals surface area contributed by atoms with E-state index >= 15 is 0 Å².